The second-order valence-corrected chi connectivity index (χ2v) is 5.98. The van der Waals surface area contributed by atoms with E-state index in [0.29, 0.717) is 5.92 Å². The van der Waals surface area contributed by atoms with E-state index in [2.05, 4.69) is 37.9 Å². The van der Waals surface area contributed by atoms with E-state index in [4.69, 9.17) is 0 Å². The highest BCUT2D eigenvalue weighted by molar-refractivity contribution is 5.72. The van der Waals surface area contributed by atoms with Crippen LogP contribution in [0.3, 0.4) is 0 Å². The highest BCUT2D eigenvalue weighted by Gasteiger charge is 2.21. The molecule has 0 saturated carbocycles. The predicted octanol–water partition coefficient (Wildman–Crippen LogP) is 3.50. The summed E-state index contributed by atoms with van der Waals surface area (Å²) in [5.41, 5.74) is 2.20. The van der Waals surface area contributed by atoms with E-state index in [9.17, 15) is 0 Å². The first-order valence-corrected chi connectivity index (χ1v) is 6.26. The Morgan fingerprint density at radius 1 is 1.12 bits per heavy atom. The fourth-order valence-electron chi connectivity index (χ4n) is 2.53. The summed E-state index contributed by atoms with van der Waals surface area (Å²) in [4.78, 5) is 1.84. The van der Waals surface area contributed by atoms with Gasteiger partial charge in [-0.3, -0.25) is 0 Å². The summed E-state index contributed by atoms with van der Waals surface area (Å²) < 4.78 is 0. The maximum absolute atomic E-state index is 4.51. The van der Waals surface area contributed by atoms with Gasteiger partial charge in [0.15, 0.2) is 0 Å². The number of rotatable bonds is 4. The van der Waals surface area contributed by atoms with E-state index < -0.39 is 0 Å². The van der Waals surface area contributed by atoms with Gasteiger partial charge in [0.2, 0.25) is 0 Å². The van der Waals surface area contributed by atoms with Crippen LogP contribution in [-0.2, 0) is 6.54 Å². The van der Waals surface area contributed by atoms with Crippen LogP contribution in [0.2, 0.25) is 0 Å². The number of benzene rings is 1. The summed E-state index contributed by atoms with van der Waals surface area (Å²) in [6, 6.07) is 8.02. The molecule has 0 saturated heterocycles. The SMILES string of the molecule is CC(C)CC(C)(C)Cn1nc2ccccc2n1. The molecule has 1 aromatic carbocycles. The van der Waals surface area contributed by atoms with Crippen LogP contribution < -0.4 is 0 Å². The Hall–Kier alpha value is -1.38. The smallest absolute Gasteiger partial charge is 0.113 e. The molecular weight excluding hydrogens is 210 g/mol. The van der Waals surface area contributed by atoms with Gasteiger partial charge in [0, 0.05) is 0 Å². The summed E-state index contributed by atoms with van der Waals surface area (Å²) in [5, 5.41) is 9.02. The first-order chi connectivity index (χ1) is 7.96. The Bertz CT molecular complexity index is 464. The molecule has 92 valence electrons. The van der Waals surface area contributed by atoms with Crippen LogP contribution in [0.25, 0.3) is 11.0 Å². The van der Waals surface area contributed by atoms with Crippen LogP contribution in [0.15, 0.2) is 24.3 Å². The monoisotopic (exact) mass is 231 g/mol. The molecule has 2 aromatic rings. The normalized spacial score (nSPS) is 12.5. The van der Waals surface area contributed by atoms with Crippen LogP contribution >= 0.6 is 0 Å². The molecule has 0 radical (unpaired) electrons. The largest absolute Gasteiger partial charge is 0.183 e. The van der Waals surface area contributed by atoms with E-state index in [1.807, 2.05) is 29.1 Å². The second kappa shape index (κ2) is 4.47. The van der Waals surface area contributed by atoms with Crippen molar-refractivity contribution in [2.45, 2.75) is 40.7 Å². The van der Waals surface area contributed by atoms with Crippen molar-refractivity contribution in [1.29, 1.82) is 0 Å². The van der Waals surface area contributed by atoms with Crippen molar-refractivity contribution in [3.63, 3.8) is 0 Å². The lowest BCUT2D eigenvalue weighted by atomic mass is 9.84. The number of nitrogens with zero attached hydrogens (tertiary/aromatic N) is 3. The zero-order chi connectivity index (χ0) is 12.5. The molecule has 0 atom stereocenters. The van der Waals surface area contributed by atoms with Gasteiger partial charge in [0.05, 0.1) is 6.54 Å². The minimum Gasteiger partial charge on any atom is -0.183 e. The molecule has 17 heavy (non-hydrogen) atoms. The average molecular weight is 231 g/mol. The van der Waals surface area contributed by atoms with Gasteiger partial charge in [0.25, 0.3) is 0 Å². The fraction of sp³-hybridized carbons (Fsp3) is 0.571. The minimum atomic E-state index is 0.239. The lowest BCUT2D eigenvalue weighted by Gasteiger charge is -2.25. The van der Waals surface area contributed by atoms with Crippen LogP contribution in [0.4, 0.5) is 0 Å². The maximum atomic E-state index is 4.51. The molecule has 3 heteroatoms. The van der Waals surface area contributed by atoms with E-state index in [-0.39, 0.29) is 5.41 Å². The highest BCUT2D eigenvalue weighted by Crippen LogP contribution is 2.27. The molecule has 0 aliphatic carbocycles. The topological polar surface area (TPSA) is 30.7 Å². The second-order valence-electron chi connectivity index (χ2n) is 5.98. The molecule has 0 aliphatic heterocycles. The first kappa shape index (κ1) is 12.1. The van der Waals surface area contributed by atoms with Crippen molar-refractivity contribution in [2.24, 2.45) is 11.3 Å². The van der Waals surface area contributed by atoms with Crippen molar-refractivity contribution in [3.05, 3.63) is 24.3 Å². The summed E-state index contributed by atoms with van der Waals surface area (Å²) in [6.45, 7) is 9.95. The number of fused-ring (bicyclic) bond motifs is 1. The Labute approximate surface area is 103 Å². The van der Waals surface area contributed by atoms with Crippen LogP contribution in [0, 0.1) is 11.3 Å². The molecule has 1 heterocycles. The molecule has 2 rings (SSSR count). The number of aromatic nitrogens is 3. The Kier molecular flexibility index (Phi) is 3.18. The van der Waals surface area contributed by atoms with Gasteiger partial charge in [-0.05, 0) is 29.9 Å². The third-order valence-corrected chi connectivity index (χ3v) is 2.86. The first-order valence-electron chi connectivity index (χ1n) is 6.26. The van der Waals surface area contributed by atoms with Gasteiger partial charge in [-0.1, -0.05) is 39.8 Å². The lowest BCUT2D eigenvalue weighted by molar-refractivity contribution is 0.224. The van der Waals surface area contributed by atoms with Gasteiger partial charge in [-0.15, -0.1) is 0 Å². The highest BCUT2D eigenvalue weighted by atomic mass is 15.5. The molecule has 0 unspecified atom stereocenters. The van der Waals surface area contributed by atoms with Gasteiger partial charge in [0.1, 0.15) is 11.0 Å². The van der Waals surface area contributed by atoms with Gasteiger partial charge in [-0.25, -0.2) is 0 Å². The van der Waals surface area contributed by atoms with Crippen LogP contribution in [0.5, 0.6) is 0 Å². The lowest BCUT2D eigenvalue weighted by Crippen LogP contribution is -2.23. The fourth-order valence-corrected chi connectivity index (χ4v) is 2.53. The molecule has 0 bridgehead atoms. The summed E-state index contributed by atoms with van der Waals surface area (Å²) in [7, 11) is 0. The number of hydrogen-bond donors (Lipinski definition) is 0. The quantitative estimate of drug-likeness (QED) is 0.806. The maximum Gasteiger partial charge on any atom is 0.113 e. The summed E-state index contributed by atoms with van der Waals surface area (Å²) in [6.07, 6.45) is 1.19. The van der Waals surface area contributed by atoms with Crippen molar-refractivity contribution in [1.82, 2.24) is 15.0 Å². The summed E-state index contributed by atoms with van der Waals surface area (Å²) in [5.74, 6) is 0.704. The van der Waals surface area contributed by atoms with Gasteiger partial charge in [-0.2, -0.15) is 15.0 Å². The molecule has 0 amide bonds. The van der Waals surface area contributed by atoms with Crippen molar-refractivity contribution < 1.29 is 0 Å². The van der Waals surface area contributed by atoms with Crippen molar-refractivity contribution in [3.8, 4) is 0 Å². The molecule has 3 nitrogen and oxygen atoms in total. The molecule has 1 aromatic heterocycles. The molecule has 0 aliphatic rings. The average Bonchev–Trinajstić information content (AvgIpc) is 2.55. The zero-order valence-corrected chi connectivity index (χ0v) is 11.1. The van der Waals surface area contributed by atoms with Gasteiger partial charge >= 0.3 is 0 Å². The molecule has 0 spiro atoms. The Balaban J connectivity index is 2.18. The zero-order valence-electron chi connectivity index (χ0n) is 11.1. The van der Waals surface area contributed by atoms with Crippen LogP contribution in [-0.4, -0.2) is 15.0 Å². The third-order valence-electron chi connectivity index (χ3n) is 2.86. The molecular formula is C14H21N3. The van der Waals surface area contributed by atoms with E-state index in [1.165, 1.54) is 6.42 Å². The standard InChI is InChI=1S/C14H21N3/c1-11(2)9-14(3,4)10-17-15-12-7-5-6-8-13(12)16-17/h5-8,11H,9-10H2,1-4H3. The molecule has 0 N–H and O–H groups in total. The Morgan fingerprint density at radius 3 is 2.12 bits per heavy atom. The van der Waals surface area contributed by atoms with E-state index in [0.717, 1.165) is 17.6 Å². The van der Waals surface area contributed by atoms with E-state index >= 15 is 0 Å². The van der Waals surface area contributed by atoms with E-state index in [1.54, 1.807) is 0 Å². The van der Waals surface area contributed by atoms with Crippen molar-refractivity contribution in [2.75, 3.05) is 0 Å². The van der Waals surface area contributed by atoms with Crippen molar-refractivity contribution >= 4 is 11.0 Å². The summed E-state index contributed by atoms with van der Waals surface area (Å²) >= 11 is 0. The molecule has 0 fully saturated rings. The van der Waals surface area contributed by atoms with Gasteiger partial charge < -0.3 is 0 Å². The van der Waals surface area contributed by atoms with Crippen LogP contribution in [0.1, 0.15) is 34.1 Å². The number of hydrogen-bond acceptors (Lipinski definition) is 2. The Morgan fingerprint density at radius 2 is 1.65 bits per heavy atom. The predicted molar refractivity (Wildman–Crippen MR) is 70.8 cm³/mol. The third kappa shape index (κ3) is 3.05. The minimum absolute atomic E-state index is 0.239.